The van der Waals surface area contributed by atoms with E-state index in [-0.39, 0.29) is 11.9 Å². The zero-order chi connectivity index (χ0) is 17.6. The van der Waals surface area contributed by atoms with Crippen LogP contribution in [-0.4, -0.2) is 38.4 Å². The van der Waals surface area contributed by atoms with Gasteiger partial charge in [0.05, 0.1) is 6.10 Å². The highest BCUT2D eigenvalue weighted by Gasteiger charge is 2.16. The number of aliphatic hydroxyl groups excluding tert-OH is 1. The first kappa shape index (κ1) is 16.9. The molecule has 0 saturated heterocycles. The van der Waals surface area contributed by atoms with Gasteiger partial charge in [-0.15, -0.1) is 10.2 Å². The van der Waals surface area contributed by atoms with E-state index < -0.39 is 6.10 Å². The molecule has 0 aliphatic rings. The number of carbonyl (C=O) groups excluding carboxylic acids is 1. The first-order chi connectivity index (χ1) is 12.1. The SMILES string of the molecule is CC(O)CC(CNC(=O)Nc1nnc2ccccn12)c1ccccc1. The van der Waals surface area contributed by atoms with Crippen LogP contribution in [-0.2, 0) is 0 Å². The fourth-order valence-corrected chi connectivity index (χ4v) is 2.76. The summed E-state index contributed by atoms with van der Waals surface area (Å²) in [6.45, 7) is 2.16. The summed E-state index contributed by atoms with van der Waals surface area (Å²) in [6.07, 6.45) is 1.90. The Morgan fingerprint density at radius 2 is 1.92 bits per heavy atom. The summed E-state index contributed by atoms with van der Waals surface area (Å²) in [7, 11) is 0. The highest BCUT2D eigenvalue weighted by atomic mass is 16.3. The predicted molar refractivity (Wildman–Crippen MR) is 95.5 cm³/mol. The van der Waals surface area contributed by atoms with Crippen LogP contribution < -0.4 is 10.6 Å². The molecule has 7 heteroatoms. The van der Waals surface area contributed by atoms with Gasteiger partial charge >= 0.3 is 6.03 Å². The maximum absolute atomic E-state index is 12.2. The third kappa shape index (κ3) is 4.33. The molecule has 3 aromatic rings. The van der Waals surface area contributed by atoms with Gasteiger partial charge in [0.15, 0.2) is 5.65 Å². The quantitative estimate of drug-likeness (QED) is 0.643. The first-order valence-corrected chi connectivity index (χ1v) is 8.21. The molecule has 3 N–H and O–H groups in total. The standard InChI is InChI=1S/C18H21N5O2/c1-13(24)11-15(14-7-3-2-4-8-14)12-19-18(25)20-17-22-21-16-9-5-6-10-23(16)17/h2-10,13,15,24H,11-12H2,1H3,(H2,19,20,22,25). The number of anilines is 1. The van der Waals surface area contributed by atoms with Crippen LogP contribution in [0.1, 0.15) is 24.8 Å². The Morgan fingerprint density at radius 3 is 2.68 bits per heavy atom. The van der Waals surface area contributed by atoms with E-state index in [2.05, 4.69) is 20.8 Å². The fourth-order valence-electron chi connectivity index (χ4n) is 2.76. The van der Waals surface area contributed by atoms with Crippen molar-refractivity contribution in [2.75, 3.05) is 11.9 Å². The number of fused-ring (bicyclic) bond motifs is 1. The van der Waals surface area contributed by atoms with Crippen LogP contribution in [0.4, 0.5) is 10.7 Å². The third-order valence-electron chi connectivity index (χ3n) is 3.94. The molecule has 0 saturated carbocycles. The summed E-state index contributed by atoms with van der Waals surface area (Å²) < 4.78 is 1.70. The Morgan fingerprint density at radius 1 is 1.16 bits per heavy atom. The number of hydrogen-bond acceptors (Lipinski definition) is 4. The molecule has 0 bridgehead atoms. The number of hydrogen-bond donors (Lipinski definition) is 3. The Labute approximate surface area is 145 Å². The number of nitrogens with zero attached hydrogens (tertiary/aromatic N) is 3. The molecule has 130 valence electrons. The fraction of sp³-hybridized carbons (Fsp3) is 0.278. The average molecular weight is 339 g/mol. The Balaban J connectivity index is 1.63. The molecule has 2 heterocycles. The third-order valence-corrected chi connectivity index (χ3v) is 3.94. The van der Waals surface area contributed by atoms with Crippen molar-refractivity contribution in [3.8, 4) is 0 Å². The monoisotopic (exact) mass is 339 g/mol. The van der Waals surface area contributed by atoms with Gasteiger partial charge in [-0.25, -0.2) is 4.79 Å². The molecule has 1 aromatic carbocycles. The van der Waals surface area contributed by atoms with E-state index in [1.807, 2.05) is 48.5 Å². The number of nitrogens with one attached hydrogen (secondary N) is 2. The van der Waals surface area contributed by atoms with E-state index in [4.69, 9.17) is 0 Å². The molecule has 2 amide bonds. The Kier molecular flexibility index (Phi) is 5.25. The van der Waals surface area contributed by atoms with Crippen molar-refractivity contribution in [3.05, 3.63) is 60.3 Å². The second kappa shape index (κ2) is 7.76. The second-order valence-corrected chi connectivity index (χ2v) is 5.98. The molecule has 0 spiro atoms. The molecule has 2 aromatic heterocycles. The van der Waals surface area contributed by atoms with E-state index in [0.717, 1.165) is 5.56 Å². The van der Waals surface area contributed by atoms with Crippen molar-refractivity contribution in [1.29, 1.82) is 0 Å². The van der Waals surface area contributed by atoms with Crippen molar-refractivity contribution >= 4 is 17.6 Å². The molecule has 0 radical (unpaired) electrons. The van der Waals surface area contributed by atoms with Gasteiger partial charge in [-0.1, -0.05) is 36.4 Å². The zero-order valence-electron chi connectivity index (χ0n) is 14.0. The zero-order valence-corrected chi connectivity index (χ0v) is 14.0. The van der Waals surface area contributed by atoms with E-state index in [0.29, 0.717) is 24.6 Å². The molecule has 0 aliphatic carbocycles. The largest absolute Gasteiger partial charge is 0.393 e. The van der Waals surface area contributed by atoms with Gasteiger partial charge in [-0.2, -0.15) is 0 Å². The van der Waals surface area contributed by atoms with E-state index in [1.54, 1.807) is 17.5 Å². The normalized spacial score (nSPS) is 13.4. The highest BCUT2D eigenvalue weighted by Crippen LogP contribution is 2.20. The molecule has 2 atom stereocenters. The lowest BCUT2D eigenvalue weighted by Gasteiger charge is -2.19. The number of urea groups is 1. The molecule has 0 aliphatic heterocycles. The van der Waals surface area contributed by atoms with E-state index >= 15 is 0 Å². The maximum Gasteiger partial charge on any atom is 0.321 e. The van der Waals surface area contributed by atoms with Gasteiger partial charge in [-0.3, -0.25) is 9.72 Å². The van der Waals surface area contributed by atoms with Gasteiger partial charge in [0.25, 0.3) is 0 Å². The van der Waals surface area contributed by atoms with E-state index in [9.17, 15) is 9.90 Å². The number of aromatic nitrogens is 3. The Bertz CT molecular complexity index is 832. The molecule has 7 nitrogen and oxygen atoms in total. The summed E-state index contributed by atoms with van der Waals surface area (Å²) in [6, 6.07) is 15.0. The lowest BCUT2D eigenvalue weighted by Crippen LogP contribution is -2.33. The summed E-state index contributed by atoms with van der Waals surface area (Å²) in [4.78, 5) is 12.2. The summed E-state index contributed by atoms with van der Waals surface area (Å²) in [5.41, 5.74) is 1.74. The van der Waals surface area contributed by atoms with Crippen molar-refractivity contribution in [2.24, 2.45) is 0 Å². The van der Waals surface area contributed by atoms with Crippen molar-refractivity contribution in [1.82, 2.24) is 19.9 Å². The number of carbonyl (C=O) groups is 1. The van der Waals surface area contributed by atoms with Crippen molar-refractivity contribution in [2.45, 2.75) is 25.4 Å². The lowest BCUT2D eigenvalue weighted by molar-refractivity contribution is 0.173. The minimum absolute atomic E-state index is 0.0297. The van der Waals surface area contributed by atoms with Gasteiger partial charge < -0.3 is 10.4 Å². The van der Waals surface area contributed by atoms with Gasteiger partial charge in [0.2, 0.25) is 5.95 Å². The average Bonchev–Trinajstić information content (AvgIpc) is 3.02. The summed E-state index contributed by atoms with van der Waals surface area (Å²) >= 11 is 0. The Hall–Kier alpha value is -2.93. The number of aliphatic hydroxyl groups is 1. The predicted octanol–water partition coefficient (Wildman–Crippen LogP) is 2.41. The highest BCUT2D eigenvalue weighted by molar-refractivity contribution is 5.87. The molecular formula is C18H21N5O2. The number of pyridine rings is 1. The van der Waals surface area contributed by atoms with Crippen molar-refractivity contribution < 1.29 is 9.90 Å². The first-order valence-electron chi connectivity index (χ1n) is 8.21. The van der Waals surface area contributed by atoms with Crippen LogP contribution in [0, 0.1) is 0 Å². The number of rotatable bonds is 6. The summed E-state index contributed by atoms with van der Waals surface area (Å²) in [5, 5.41) is 23.2. The molecule has 2 unspecified atom stereocenters. The smallest absolute Gasteiger partial charge is 0.321 e. The molecule has 0 fully saturated rings. The molecule has 3 rings (SSSR count). The number of amides is 2. The maximum atomic E-state index is 12.2. The number of benzene rings is 1. The molecule has 25 heavy (non-hydrogen) atoms. The second-order valence-electron chi connectivity index (χ2n) is 5.98. The van der Waals surface area contributed by atoms with Gasteiger partial charge in [0.1, 0.15) is 0 Å². The van der Waals surface area contributed by atoms with Crippen LogP contribution >= 0.6 is 0 Å². The van der Waals surface area contributed by atoms with Crippen LogP contribution in [0.15, 0.2) is 54.7 Å². The topological polar surface area (TPSA) is 91.5 Å². The molecular weight excluding hydrogens is 318 g/mol. The van der Waals surface area contributed by atoms with Crippen molar-refractivity contribution in [3.63, 3.8) is 0 Å². The van der Waals surface area contributed by atoms with Gasteiger partial charge in [0, 0.05) is 18.7 Å². The van der Waals surface area contributed by atoms with Crippen LogP contribution in [0.25, 0.3) is 5.65 Å². The van der Waals surface area contributed by atoms with E-state index in [1.165, 1.54) is 0 Å². The van der Waals surface area contributed by atoms with Crippen LogP contribution in [0.3, 0.4) is 0 Å². The minimum Gasteiger partial charge on any atom is -0.393 e. The van der Waals surface area contributed by atoms with Gasteiger partial charge in [-0.05, 0) is 31.0 Å². The van der Waals surface area contributed by atoms with Crippen LogP contribution in [0.5, 0.6) is 0 Å². The lowest BCUT2D eigenvalue weighted by atomic mass is 9.93. The van der Waals surface area contributed by atoms with Crippen LogP contribution in [0.2, 0.25) is 0 Å². The summed E-state index contributed by atoms with van der Waals surface area (Å²) in [5.74, 6) is 0.391. The minimum atomic E-state index is -0.449.